The highest BCUT2D eigenvalue weighted by Crippen LogP contribution is 2.17. The Hall–Kier alpha value is -1.69. The van der Waals surface area contributed by atoms with E-state index >= 15 is 0 Å². The van der Waals surface area contributed by atoms with Gasteiger partial charge in [-0.2, -0.15) is 4.94 Å². The molecular formula is CN4O6S2. The van der Waals surface area contributed by atoms with Crippen LogP contribution in [0.2, 0.25) is 0 Å². The van der Waals surface area contributed by atoms with E-state index in [-0.39, 0.29) is 0 Å². The van der Waals surface area contributed by atoms with E-state index in [1.165, 1.54) is 0 Å². The second-order valence-electron chi connectivity index (χ2n) is 1.40. The summed E-state index contributed by atoms with van der Waals surface area (Å²) in [4.78, 5) is 26.8. The molecule has 0 aliphatic heterocycles. The summed E-state index contributed by atoms with van der Waals surface area (Å²) in [6.07, 6.45) is 0. The van der Waals surface area contributed by atoms with Gasteiger partial charge in [-0.25, -0.2) is 15.0 Å². The van der Waals surface area contributed by atoms with Gasteiger partial charge in [-0.1, -0.05) is 0 Å². The zero-order valence-electron chi connectivity index (χ0n) is 5.55. The molecule has 1 aromatic heterocycles. The molecule has 0 aromatic carbocycles. The third-order valence-electron chi connectivity index (χ3n) is 0.647. The lowest BCUT2D eigenvalue weighted by molar-refractivity contribution is -0.763. The summed E-state index contributed by atoms with van der Waals surface area (Å²) in [7, 11) is 2.11. The van der Waals surface area contributed by atoms with Crippen LogP contribution in [0.15, 0.2) is 5.16 Å². The summed E-state index contributed by atoms with van der Waals surface area (Å²) in [5.74, 6) is 0. The van der Waals surface area contributed by atoms with E-state index in [9.17, 15) is 20.2 Å². The highest BCUT2D eigenvalue weighted by molar-refractivity contribution is 7.77. The van der Waals surface area contributed by atoms with Crippen LogP contribution in [0.3, 0.4) is 0 Å². The zero-order valence-corrected chi connectivity index (χ0v) is 7.19. The van der Waals surface area contributed by atoms with Gasteiger partial charge >= 0.3 is 11.1 Å². The van der Waals surface area contributed by atoms with Crippen molar-refractivity contribution in [1.82, 2.24) is 3.35 Å². The Morgan fingerprint density at radius 1 is 1.31 bits per heavy atom. The summed E-state index contributed by atoms with van der Waals surface area (Å²) in [5, 5.41) is 19.9. The highest BCUT2D eigenvalue weighted by atomic mass is 33.0. The van der Waals surface area contributed by atoms with Gasteiger partial charge < -0.3 is 0 Å². The molecule has 72 valence electrons. The van der Waals surface area contributed by atoms with E-state index < -0.39 is 16.2 Å². The molecule has 10 nitrogen and oxygen atoms in total. The molecule has 0 unspecified atom stereocenters. The normalized spacial score (nSPS) is 11.2. The topological polar surface area (TPSA) is 122 Å². The van der Waals surface area contributed by atoms with Gasteiger partial charge in [0.25, 0.3) is 0 Å². The molecule has 12 heteroatoms. The molecule has 0 bridgehead atoms. The SMILES string of the molecule is O=[N+]([O-])O/N=C(\O[N+](=O)[O-])n1ss1. The van der Waals surface area contributed by atoms with E-state index in [2.05, 4.69) is 14.9 Å². The third kappa shape index (κ3) is 3.48. The van der Waals surface area contributed by atoms with Gasteiger partial charge in [0.2, 0.25) is 0 Å². The monoisotopic (exact) mass is 228 g/mol. The number of oxime groups is 1. The van der Waals surface area contributed by atoms with Crippen LogP contribution in [0.25, 0.3) is 0 Å². The minimum Gasteiger partial charge on any atom is -0.218 e. The standard InChI is InChI=1S/CN4O6S2/c6-4(7)10-1(3-12-13-3)2-11-5(8)9/b2-1-. The predicted molar refractivity (Wildman–Crippen MR) is 39.2 cm³/mol. The number of hydrogen-bond donors (Lipinski definition) is 0. The lowest BCUT2D eigenvalue weighted by Crippen LogP contribution is -2.15. The van der Waals surface area contributed by atoms with Crippen molar-refractivity contribution in [1.29, 1.82) is 0 Å². The Kier molecular flexibility index (Phi) is 2.76. The van der Waals surface area contributed by atoms with Crippen molar-refractivity contribution in [2.45, 2.75) is 0 Å². The molecule has 0 saturated heterocycles. The molecule has 0 aliphatic carbocycles. The van der Waals surface area contributed by atoms with Crippen LogP contribution < -0.4 is 0 Å². The molecule has 0 amide bonds. The number of nitrogens with zero attached hydrogens (tertiary/aromatic N) is 4. The first-order valence-corrected chi connectivity index (χ1v) is 4.52. The first-order chi connectivity index (χ1) is 6.09. The van der Waals surface area contributed by atoms with Crippen LogP contribution in [0.5, 0.6) is 0 Å². The van der Waals surface area contributed by atoms with Gasteiger partial charge in [-0.05, 0) is 0 Å². The molecule has 0 N–H and O–H groups in total. The molecule has 0 aliphatic rings. The van der Waals surface area contributed by atoms with Gasteiger partial charge in [-0.15, -0.1) is 13.5 Å². The first-order valence-electron chi connectivity index (χ1n) is 2.46. The van der Waals surface area contributed by atoms with Gasteiger partial charge in [0.1, 0.15) is 5.16 Å². The number of aromatic nitrogens is 1. The minimum absolute atomic E-state index is 0.600. The Morgan fingerprint density at radius 3 is 2.31 bits per heavy atom. The number of hydrogen-bond acceptors (Lipinski definition) is 9. The fourth-order valence-electron chi connectivity index (χ4n) is 0.299. The van der Waals surface area contributed by atoms with Crippen molar-refractivity contribution >= 4 is 27.1 Å². The molecule has 13 heavy (non-hydrogen) atoms. The maximum atomic E-state index is 9.82. The molecule has 1 heterocycles. The Labute approximate surface area is 76.4 Å². The van der Waals surface area contributed by atoms with Gasteiger partial charge in [0, 0.05) is 21.1 Å². The summed E-state index contributed by atoms with van der Waals surface area (Å²) >= 11 is 0. The van der Waals surface area contributed by atoms with Crippen LogP contribution in [0.1, 0.15) is 0 Å². The molecule has 0 saturated carbocycles. The maximum absolute atomic E-state index is 9.82. The fourth-order valence-corrected chi connectivity index (χ4v) is 1.08. The number of rotatable bonds is 3. The van der Waals surface area contributed by atoms with E-state index in [1.54, 1.807) is 0 Å². The molecule has 0 atom stereocenters. The minimum atomic E-state index is -1.22. The smallest absolute Gasteiger partial charge is 0.218 e. The van der Waals surface area contributed by atoms with Gasteiger partial charge in [0.15, 0.2) is 5.09 Å². The summed E-state index contributed by atoms with van der Waals surface area (Å²) in [5.41, 5.74) is 0. The predicted octanol–water partition coefficient (Wildman–Crippen LogP) is 0.147. The average Bonchev–Trinajstić information content (AvgIpc) is 2.78. The van der Waals surface area contributed by atoms with E-state index in [0.717, 1.165) is 24.4 Å². The van der Waals surface area contributed by atoms with Crippen molar-refractivity contribution < 1.29 is 19.9 Å². The third-order valence-corrected chi connectivity index (χ3v) is 2.15. The van der Waals surface area contributed by atoms with Crippen molar-refractivity contribution in [3.63, 3.8) is 0 Å². The van der Waals surface area contributed by atoms with Crippen LogP contribution >= 0.6 is 21.1 Å². The van der Waals surface area contributed by atoms with E-state index in [4.69, 9.17) is 0 Å². The van der Waals surface area contributed by atoms with Crippen molar-refractivity contribution in [2.24, 2.45) is 5.16 Å². The van der Waals surface area contributed by atoms with Crippen LogP contribution in [0.4, 0.5) is 0 Å². The molecule has 0 radical (unpaired) electrons. The van der Waals surface area contributed by atoms with Crippen molar-refractivity contribution in [3.8, 4) is 0 Å². The molecule has 0 fully saturated rings. The fraction of sp³-hybridized carbons (Fsp3) is 0. The van der Waals surface area contributed by atoms with Crippen molar-refractivity contribution in [3.05, 3.63) is 20.2 Å². The van der Waals surface area contributed by atoms with Crippen LogP contribution in [0, 0.1) is 20.2 Å². The summed E-state index contributed by atoms with van der Waals surface area (Å²) in [6, 6.07) is -0.600. The summed E-state index contributed by atoms with van der Waals surface area (Å²) in [6.45, 7) is 0. The van der Waals surface area contributed by atoms with Crippen LogP contribution in [-0.4, -0.2) is 19.5 Å². The maximum Gasteiger partial charge on any atom is 0.454 e. The van der Waals surface area contributed by atoms with E-state index in [0.29, 0.717) is 0 Å². The summed E-state index contributed by atoms with van der Waals surface area (Å²) < 4.78 is 1.12. The lowest BCUT2D eigenvalue weighted by atomic mass is 11.2. The molecular weight excluding hydrogens is 228 g/mol. The van der Waals surface area contributed by atoms with Gasteiger partial charge in [-0.3, -0.25) is 0 Å². The largest absolute Gasteiger partial charge is 0.454 e. The van der Waals surface area contributed by atoms with Gasteiger partial charge in [0.05, 0.1) is 0 Å². The molecule has 0 spiro atoms. The Morgan fingerprint density at radius 2 is 1.92 bits per heavy atom. The molecule has 1 rings (SSSR count). The molecule has 1 aromatic rings. The second-order valence-corrected chi connectivity index (χ2v) is 3.55. The van der Waals surface area contributed by atoms with Crippen molar-refractivity contribution in [2.75, 3.05) is 0 Å². The quantitative estimate of drug-likeness (QED) is 0.238. The Bertz CT molecular complexity index is 324. The highest BCUT2D eigenvalue weighted by Gasteiger charge is 2.20. The Balaban J connectivity index is 2.58. The lowest BCUT2D eigenvalue weighted by Gasteiger charge is -1.90. The van der Waals surface area contributed by atoms with Crippen LogP contribution in [-0.2, 0) is 9.78 Å². The van der Waals surface area contributed by atoms with E-state index in [1.807, 2.05) is 0 Å². The average molecular weight is 228 g/mol. The second kappa shape index (κ2) is 3.81. The first kappa shape index (κ1) is 9.40. The zero-order chi connectivity index (χ0) is 9.84.